The second-order valence-electron chi connectivity index (χ2n) is 16.1. The number of fused-ring (bicyclic) bond motifs is 3. The van der Waals surface area contributed by atoms with E-state index in [0.717, 1.165) is 49.9 Å². The molecular formula is C57H37F3N6. The molecule has 0 fully saturated rings. The van der Waals surface area contributed by atoms with Gasteiger partial charge < -0.3 is 4.57 Å². The van der Waals surface area contributed by atoms with Crippen LogP contribution in [0.5, 0.6) is 0 Å². The van der Waals surface area contributed by atoms with Crippen LogP contribution in [0.2, 0.25) is 0 Å². The van der Waals surface area contributed by atoms with E-state index in [1.165, 1.54) is 6.07 Å². The van der Waals surface area contributed by atoms with Crippen LogP contribution in [0.1, 0.15) is 11.1 Å². The summed E-state index contributed by atoms with van der Waals surface area (Å²) in [5.74, 6) is 1.84. The first-order chi connectivity index (χ1) is 32.2. The molecule has 0 N–H and O–H groups in total. The molecule has 9 heteroatoms. The minimum atomic E-state index is -4.56. The number of benzene rings is 8. The second-order valence-corrected chi connectivity index (χ2v) is 16.1. The van der Waals surface area contributed by atoms with Crippen molar-refractivity contribution in [1.29, 1.82) is 0 Å². The summed E-state index contributed by atoms with van der Waals surface area (Å²) in [5.41, 5.74) is 9.01. The van der Waals surface area contributed by atoms with Crippen LogP contribution in [0.15, 0.2) is 206 Å². The van der Waals surface area contributed by atoms with E-state index in [9.17, 15) is 13.2 Å². The fraction of sp³-hybridized carbons (Fsp3) is 0.0351. The van der Waals surface area contributed by atoms with Gasteiger partial charge in [-0.2, -0.15) is 13.2 Å². The van der Waals surface area contributed by atoms with Gasteiger partial charge in [0.1, 0.15) is 0 Å². The quantitative estimate of drug-likeness (QED) is 0.152. The summed E-state index contributed by atoms with van der Waals surface area (Å²) in [6.07, 6.45) is -4.56. The average molecular weight is 863 g/mol. The highest BCUT2D eigenvalue weighted by Crippen LogP contribution is 2.42. The summed E-state index contributed by atoms with van der Waals surface area (Å²) in [7, 11) is 0. The fourth-order valence-electron chi connectivity index (χ4n) is 8.61. The molecule has 0 aliphatic heterocycles. The first-order valence-corrected chi connectivity index (χ1v) is 21.5. The molecule has 0 aliphatic carbocycles. The molecule has 0 bridgehead atoms. The molecule has 3 aromatic heterocycles. The molecule has 11 rings (SSSR count). The Bertz CT molecular complexity index is 3460. The largest absolute Gasteiger partial charge is 0.417 e. The van der Waals surface area contributed by atoms with Crippen molar-refractivity contribution < 1.29 is 13.2 Å². The molecule has 0 spiro atoms. The number of aryl methyl sites for hydroxylation is 1. The lowest BCUT2D eigenvalue weighted by atomic mass is 9.96. The van der Waals surface area contributed by atoms with Crippen molar-refractivity contribution in [2.24, 2.45) is 0 Å². The minimum Gasteiger partial charge on any atom is -0.308 e. The Labute approximate surface area is 378 Å². The van der Waals surface area contributed by atoms with Gasteiger partial charge in [0.05, 0.1) is 33.7 Å². The SMILES string of the molecule is Cc1ccc(-c2ccc3c4ccccc4n(-c4ccc(-c5nc(-c6ccccc6)cc(-c6ccccc6)n5)cc4-c4nc(-c5ccccc5)nc(-c5ccccc5)n4)c3c2)c(C(F)(F)F)c1. The topological polar surface area (TPSA) is 69.4 Å². The van der Waals surface area contributed by atoms with Crippen molar-refractivity contribution in [1.82, 2.24) is 29.5 Å². The molecule has 0 radical (unpaired) electrons. The second kappa shape index (κ2) is 16.5. The lowest BCUT2D eigenvalue weighted by Crippen LogP contribution is -2.07. The van der Waals surface area contributed by atoms with E-state index >= 15 is 0 Å². The Morgan fingerprint density at radius 3 is 1.45 bits per heavy atom. The Hall–Kier alpha value is -8.56. The zero-order chi connectivity index (χ0) is 44.8. The first kappa shape index (κ1) is 40.2. The van der Waals surface area contributed by atoms with Crippen LogP contribution in [0.4, 0.5) is 13.2 Å². The number of rotatable bonds is 8. The molecule has 0 aliphatic rings. The molecule has 11 aromatic rings. The van der Waals surface area contributed by atoms with E-state index in [-0.39, 0.29) is 5.56 Å². The summed E-state index contributed by atoms with van der Waals surface area (Å²) in [6, 6.07) is 65.6. The third kappa shape index (κ3) is 7.56. The van der Waals surface area contributed by atoms with Gasteiger partial charge in [-0.3, -0.25) is 0 Å². The third-order valence-corrected chi connectivity index (χ3v) is 11.8. The summed E-state index contributed by atoms with van der Waals surface area (Å²) < 4.78 is 46.1. The lowest BCUT2D eigenvalue weighted by molar-refractivity contribution is -0.137. The molecule has 316 valence electrons. The van der Waals surface area contributed by atoms with Gasteiger partial charge in [-0.25, -0.2) is 24.9 Å². The zero-order valence-electron chi connectivity index (χ0n) is 35.4. The van der Waals surface area contributed by atoms with Gasteiger partial charge in [-0.15, -0.1) is 0 Å². The smallest absolute Gasteiger partial charge is 0.308 e. The number of halogens is 3. The van der Waals surface area contributed by atoms with Crippen LogP contribution in [-0.4, -0.2) is 29.5 Å². The van der Waals surface area contributed by atoms with Crippen LogP contribution < -0.4 is 0 Å². The van der Waals surface area contributed by atoms with Gasteiger partial charge in [0, 0.05) is 44.2 Å². The summed E-state index contributed by atoms with van der Waals surface area (Å²) in [4.78, 5) is 25.8. The molecule has 8 aromatic carbocycles. The lowest BCUT2D eigenvalue weighted by Gasteiger charge is -2.17. The van der Waals surface area contributed by atoms with E-state index in [1.807, 2.05) is 182 Å². The van der Waals surface area contributed by atoms with Crippen LogP contribution in [-0.2, 0) is 6.18 Å². The average Bonchev–Trinajstić information content (AvgIpc) is 3.70. The predicted molar refractivity (Wildman–Crippen MR) is 258 cm³/mol. The summed E-state index contributed by atoms with van der Waals surface area (Å²) in [5, 5.41) is 1.81. The first-order valence-electron chi connectivity index (χ1n) is 21.5. The number of hydrogen-bond acceptors (Lipinski definition) is 5. The normalized spacial score (nSPS) is 11.6. The van der Waals surface area contributed by atoms with Gasteiger partial charge >= 0.3 is 6.18 Å². The fourth-order valence-corrected chi connectivity index (χ4v) is 8.61. The van der Waals surface area contributed by atoms with E-state index in [0.29, 0.717) is 56.8 Å². The van der Waals surface area contributed by atoms with Crippen molar-refractivity contribution in [2.75, 3.05) is 0 Å². The van der Waals surface area contributed by atoms with E-state index in [1.54, 1.807) is 25.1 Å². The number of para-hydroxylation sites is 1. The third-order valence-electron chi connectivity index (χ3n) is 11.8. The van der Waals surface area contributed by atoms with E-state index in [4.69, 9.17) is 24.9 Å². The van der Waals surface area contributed by atoms with Crippen molar-refractivity contribution >= 4 is 21.8 Å². The Kier molecular flexibility index (Phi) is 10.1. The van der Waals surface area contributed by atoms with Crippen molar-refractivity contribution in [2.45, 2.75) is 13.1 Å². The van der Waals surface area contributed by atoms with Gasteiger partial charge in [0.2, 0.25) is 0 Å². The van der Waals surface area contributed by atoms with Gasteiger partial charge in [0.25, 0.3) is 0 Å². The number of nitrogens with zero attached hydrogens (tertiary/aromatic N) is 6. The highest BCUT2D eigenvalue weighted by molar-refractivity contribution is 6.11. The van der Waals surface area contributed by atoms with Crippen molar-refractivity contribution in [3.8, 4) is 84.9 Å². The molecule has 0 unspecified atom stereocenters. The highest BCUT2D eigenvalue weighted by atomic mass is 19.4. The van der Waals surface area contributed by atoms with Gasteiger partial charge in [-0.1, -0.05) is 169 Å². The molecule has 3 heterocycles. The predicted octanol–water partition coefficient (Wildman–Crippen LogP) is 14.8. The van der Waals surface area contributed by atoms with Gasteiger partial charge in [-0.05, 0) is 60.5 Å². The van der Waals surface area contributed by atoms with Crippen LogP contribution in [0.25, 0.3) is 107 Å². The number of hydrogen-bond donors (Lipinski definition) is 0. The molecule has 0 saturated carbocycles. The van der Waals surface area contributed by atoms with Crippen LogP contribution >= 0.6 is 0 Å². The van der Waals surface area contributed by atoms with Crippen molar-refractivity contribution in [3.63, 3.8) is 0 Å². The van der Waals surface area contributed by atoms with E-state index in [2.05, 4.69) is 4.57 Å². The number of alkyl halides is 3. The molecule has 0 atom stereocenters. The molecule has 6 nitrogen and oxygen atoms in total. The Morgan fingerprint density at radius 1 is 0.364 bits per heavy atom. The zero-order valence-corrected chi connectivity index (χ0v) is 35.4. The van der Waals surface area contributed by atoms with Crippen LogP contribution in [0.3, 0.4) is 0 Å². The van der Waals surface area contributed by atoms with Gasteiger partial charge in [0.15, 0.2) is 23.3 Å². The molecule has 0 amide bonds. The standard InChI is InChI=1S/C57H37F3N6/c1-36-26-29-43(47(32-36)57(58,59)60)41-27-30-45-44-24-14-15-25-50(44)66(52(45)34-41)51-31-28-42(55-61-48(37-16-6-2-7-17-37)35-49(62-55)38-18-8-3-9-19-38)33-46(51)56-64-53(39-20-10-4-11-21-39)63-54(65-56)40-22-12-5-13-23-40/h2-35H,1H3. The maximum absolute atomic E-state index is 14.7. The Balaban J connectivity index is 1.21. The number of aromatic nitrogens is 6. The minimum absolute atomic E-state index is 0.101. The maximum Gasteiger partial charge on any atom is 0.417 e. The summed E-state index contributed by atoms with van der Waals surface area (Å²) >= 11 is 0. The Morgan fingerprint density at radius 2 is 0.864 bits per heavy atom. The highest BCUT2D eigenvalue weighted by Gasteiger charge is 2.34. The molecular weight excluding hydrogens is 826 g/mol. The maximum atomic E-state index is 14.7. The molecule has 0 saturated heterocycles. The summed E-state index contributed by atoms with van der Waals surface area (Å²) in [6.45, 7) is 1.67. The monoisotopic (exact) mass is 862 g/mol. The molecule has 66 heavy (non-hydrogen) atoms. The van der Waals surface area contributed by atoms with E-state index < -0.39 is 11.7 Å². The van der Waals surface area contributed by atoms with Crippen molar-refractivity contribution in [3.05, 3.63) is 217 Å². The van der Waals surface area contributed by atoms with Crippen LogP contribution in [0, 0.1) is 6.92 Å².